The van der Waals surface area contributed by atoms with Crippen molar-refractivity contribution < 1.29 is 14.2 Å². The van der Waals surface area contributed by atoms with Crippen LogP contribution in [-0.2, 0) is 16.1 Å². The first-order chi connectivity index (χ1) is 8.26. The number of aromatic nitrogens is 2. The minimum Gasteiger partial charge on any atom is -0.475 e. The number of nitrogens with zero attached hydrogens (tertiary/aromatic N) is 2. The molecule has 0 aliphatic heterocycles. The van der Waals surface area contributed by atoms with Crippen molar-refractivity contribution in [3.63, 3.8) is 0 Å². The second-order valence-electron chi connectivity index (χ2n) is 3.13. The zero-order chi connectivity index (χ0) is 12.5. The molecule has 1 aromatic rings. The number of rotatable bonds is 8. The van der Waals surface area contributed by atoms with Crippen LogP contribution >= 0.6 is 11.6 Å². The van der Waals surface area contributed by atoms with Gasteiger partial charge in [0.25, 0.3) is 0 Å². The summed E-state index contributed by atoms with van der Waals surface area (Å²) in [6.45, 7) is 6.42. The van der Waals surface area contributed by atoms with E-state index >= 15 is 0 Å². The molecule has 96 valence electrons. The third-order valence-corrected chi connectivity index (χ3v) is 2.03. The lowest BCUT2D eigenvalue weighted by Crippen LogP contribution is -2.09. The summed E-state index contributed by atoms with van der Waals surface area (Å²) >= 11 is 5.85. The number of ether oxygens (including phenoxy) is 3. The van der Waals surface area contributed by atoms with E-state index in [0.29, 0.717) is 49.9 Å². The summed E-state index contributed by atoms with van der Waals surface area (Å²) < 4.78 is 15.8. The van der Waals surface area contributed by atoms with Gasteiger partial charge in [-0.15, -0.1) is 0 Å². The van der Waals surface area contributed by atoms with Crippen molar-refractivity contribution in [1.82, 2.24) is 9.97 Å². The van der Waals surface area contributed by atoms with E-state index in [4.69, 9.17) is 25.8 Å². The summed E-state index contributed by atoms with van der Waals surface area (Å²) in [6.07, 6.45) is 0. The Morgan fingerprint density at radius 3 is 2.59 bits per heavy atom. The van der Waals surface area contributed by atoms with Gasteiger partial charge in [0, 0.05) is 19.3 Å². The van der Waals surface area contributed by atoms with Gasteiger partial charge >= 0.3 is 0 Å². The van der Waals surface area contributed by atoms with E-state index in [0.717, 1.165) is 0 Å². The van der Waals surface area contributed by atoms with Gasteiger partial charge in [0.2, 0.25) is 5.88 Å². The number of halogens is 1. The standard InChI is InChI=1S/C11H17ClN2O3/c1-3-15-5-6-17-11-7-9(12)13-10(14-11)8-16-4-2/h7H,3-6,8H2,1-2H3. The van der Waals surface area contributed by atoms with Crippen molar-refractivity contribution in [2.45, 2.75) is 20.5 Å². The summed E-state index contributed by atoms with van der Waals surface area (Å²) in [7, 11) is 0. The average Bonchev–Trinajstić information content (AvgIpc) is 2.31. The Balaban J connectivity index is 2.50. The van der Waals surface area contributed by atoms with Crippen molar-refractivity contribution in [1.29, 1.82) is 0 Å². The van der Waals surface area contributed by atoms with E-state index in [1.165, 1.54) is 0 Å². The normalized spacial score (nSPS) is 10.5. The van der Waals surface area contributed by atoms with Crippen LogP contribution in [0.1, 0.15) is 19.7 Å². The Kier molecular flexibility index (Phi) is 6.84. The number of hydrogen-bond acceptors (Lipinski definition) is 5. The van der Waals surface area contributed by atoms with Crippen LogP contribution in [0.15, 0.2) is 6.07 Å². The smallest absolute Gasteiger partial charge is 0.218 e. The highest BCUT2D eigenvalue weighted by atomic mass is 35.5. The highest BCUT2D eigenvalue weighted by Crippen LogP contribution is 2.14. The average molecular weight is 261 g/mol. The van der Waals surface area contributed by atoms with E-state index in [1.54, 1.807) is 6.07 Å². The molecule has 0 aromatic carbocycles. The molecule has 0 aliphatic carbocycles. The molecule has 0 saturated heterocycles. The Hall–Kier alpha value is -0.910. The highest BCUT2D eigenvalue weighted by molar-refractivity contribution is 6.29. The molecule has 1 aromatic heterocycles. The monoisotopic (exact) mass is 260 g/mol. The molecule has 0 saturated carbocycles. The van der Waals surface area contributed by atoms with Gasteiger partial charge < -0.3 is 14.2 Å². The zero-order valence-electron chi connectivity index (χ0n) is 10.1. The molecule has 0 bridgehead atoms. The van der Waals surface area contributed by atoms with Crippen molar-refractivity contribution >= 4 is 11.6 Å². The van der Waals surface area contributed by atoms with Crippen molar-refractivity contribution in [3.8, 4) is 5.88 Å². The van der Waals surface area contributed by atoms with Crippen LogP contribution in [0.25, 0.3) is 0 Å². The number of hydrogen-bond donors (Lipinski definition) is 0. The van der Waals surface area contributed by atoms with Gasteiger partial charge in [-0.2, -0.15) is 4.98 Å². The van der Waals surface area contributed by atoms with Crippen molar-refractivity contribution in [2.24, 2.45) is 0 Å². The van der Waals surface area contributed by atoms with Gasteiger partial charge in [-0.25, -0.2) is 4.98 Å². The largest absolute Gasteiger partial charge is 0.475 e. The Morgan fingerprint density at radius 2 is 1.88 bits per heavy atom. The molecule has 0 aliphatic rings. The molecule has 0 atom stereocenters. The summed E-state index contributed by atoms with van der Waals surface area (Å²) in [5.74, 6) is 0.963. The van der Waals surface area contributed by atoms with Crippen LogP contribution in [-0.4, -0.2) is 36.4 Å². The van der Waals surface area contributed by atoms with E-state index < -0.39 is 0 Å². The van der Waals surface area contributed by atoms with Crippen molar-refractivity contribution in [2.75, 3.05) is 26.4 Å². The quantitative estimate of drug-likeness (QED) is 0.529. The molecule has 0 spiro atoms. The molecule has 0 unspecified atom stereocenters. The Morgan fingerprint density at radius 1 is 1.12 bits per heavy atom. The minimum absolute atomic E-state index is 0.332. The summed E-state index contributed by atoms with van der Waals surface area (Å²) in [6, 6.07) is 1.57. The molecule has 0 amide bonds. The van der Waals surface area contributed by atoms with E-state index in [9.17, 15) is 0 Å². The van der Waals surface area contributed by atoms with E-state index in [2.05, 4.69) is 9.97 Å². The topological polar surface area (TPSA) is 53.5 Å². The Bertz CT molecular complexity index is 336. The van der Waals surface area contributed by atoms with Gasteiger partial charge in [0.1, 0.15) is 18.4 Å². The molecular weight excluding hydrogens is 244 g/mol. The SMILES string of the molecule is CCOCCOc1cc(Cl)nc(COCC)n1. The highest BCUT2D eigenvalue weighted by Gasteiger charge is 2.04. The van der Waals surface area contributed by atoms with E-state index in [-0.39, 0.29) is 0 Å². The molecule has 6 heteroatoms. The van der Waals surface area contributed by atoms with Gasteiger partial charge in [-0.1, -0.05) is 11.6 Å². The lowest BCUT2D eigenvalue weighted by molar-refractivity contribution is 0.106. The van der Waals surface area contributed by atoms with Crippen molar-refractivity contribution in [3.05, 3.63) is 17.0 Å². The summed E-state index contributed by atoms with van der Waals surface area (Å²) in [4.78, 5) is 8.20. The lowest BCUT2D eigenvalue weighted by Gasteiger charge is -2.07. The lowest BCUT2D eigenvalue weighted by atomic mass is 10.5. The minimum atomic E-state index is 0.332. The summed E-state index contributed by atoms with van der Waals surface area (Å²) in [5.41, 5.74) is 0. The van der Waals surface area contributed by atoms with Gasteiger partial charge in [0.15, 0.2) is 5.82 Å². The molecule has 0 fully saturated rings. The maximum absolute atomic E-state index is 5.85. The van der Waals surface area contributed by atoms with Crippen LogP contribution in [0.3, 0.4) is 0 Å². The van der Waals surface area contributed by atoms with Crippen LogP contribution in [0, 0.1) is 0 Å². The second kappa shape index (κ2) is 8.22. The fourth-order valence-electron chi connectivity index (χ4n) is 1.12. The molecule has 5 nitrogen and oxygen atoms in total. The third kappa shape index (κ3) is 5.81. The molecule has 17 heavy (non-hydrogen) atoms. The molecule has 0 N–H and O–H groups in total. The molecule has 1 heterocycles. The van der Waals surface area contributed by atoms with E-state index in [1.807, 2.05) is 13.8 Å². The van der Waals surface area contributed by atoms with Crippen LogP contribution in [0.4, 0.5) is 0 Å². The van der Waals surface area contributed by atoms with Gasteiger partial charge in [-0.3, -0.25) is 0 Å². The second-order valence-corrected chi connectivity index (χ2v) is 3.51. The third-order valence-electron chi connectivity index (χ3n) is 1.83. The first-order valence-electron chi connectivity index (χ1n) is 5.58. The maximum atomic E-state index is 5.85. The van der Waals surface area contributed by atoms with Crippen LogP contribution in [0.5, 0.6) is 5.88 Å². The molecule has 0 radical (unpaired) electrons. The maximum Gasteiger partial charge on any atom is 0.218 e. The molecule has 1 rings (SSSR count). The first kappa shape index (κ1) is 14.2. The predicted octanol–water partition coefficient (Wildman–Crippen LogP) is 2.08. The fraction of sp³-hybridized carbons (Fsp3) is 0.636. The van der Waals surface area contributed by atoms with Gasteiger partial charge in [-0.05, 0) is 13.8 Å². The predicted molar refractivity (Wildman–Crippen MR) is 64.4 cm³/mol. The Labute approximate surface area is 106 Å². The fourth-order valence-corrected chi connectivity index (χ4v) is 1.31. The van der Waals surface area contributed by atoms with Gasteiger partial charge in [0.05, 0.1) is 6.61 Å². The molecular formula is C11H17ClN2O3. The van der Waals surface area contributed by atoms with Crippen LogP contribution < -0.4 is 4.74 Å². The van der Waals surface area contributed by atoms with Crippen LogP contribution in [0.2, 0.25) is 5.15 Å². The summed E-state index contributed by atoms with van der Waals surface area (Å²) in [5, 5.41) is 0.348. The zero-order valence-corrected chi connectivity index (χ0v) is 10.9. The first-order valence-corrected chi connectivity index (χ1v) is 5.95.